The molecule has 0 fully saturated rings. The van der Waals surface area contributed by atoms with Crippen molar-refractivity contribution in [2.24, 2.45) is 0 Å². The van der Waals surface area contributed by atoms with E-state index in [1.807, 2.05) is 62.4 Å². The van der Waals surface area contributed by atoms with Gasteiger partial charge in [0.25, 0.3) is 5.91 Å². The first-order chi connectivity index (χ1) is 20.5. The molecule has 3 atom stereocenters. The second-order valence-corrected chi connectivity index (χ2v) is 12.7. The zero-order valence-electron chi connectivity index (χ0n) is 24.8. The fraction of sp³-hybridized carbons (Fsp3) is 0.344. The van der Waals surface area contributed by atoms with Gasteiger partial charge < -0.3 is 31.3 Å². The first kappa shape index (κ1) is 31.9. The van der Waals surface area contributed by atoms with Crippen LogP contribution in [0.25, 0.3) is 11.1 Å². The highest BCUT2D eigenvalue weighted by Gasteiger charge is 2.35. The van der Waals surface area contributed by atoms with Gasteiger partial charge >= 0.3 is 6.03 Å². The van der Waals surface area contributed by atoms with Gasteiger partial charge in [0.1, 0.15) is 6.04 Å². The number of aliphatic hydroxyl groups is 1. The average molecular weight is 606 g/mol. The third-order valence-electron chi connectivity index (χ3n) is 7.11. The summed E-state index contributed by atoms with van der Waals surface area (Å²) in [5.74, 6) is -0.725. The smallest absolute Gasteiger partial charge is 0.318 e. The maximum Gasteiger partial charge on any atom is 0.318 e. The second-order valence-electron chi connectivity index (χ2n) is 11.3. The van der Waals surface area contributed by atoms with Crippen molar-refractivity contribution in [2.75, 3.05) is 29.6 Å². The summed E-state index contributed by atoms with van der Waals surface area (Å²) in [6, 6.07) is 21.0. The highest BCUT2D eigenvalue weighted by Crippen LogP contribution is 2.31. The van der Waals surface area contributed by atoms with Gasteiger partial charge in [-0.2, -0.15) is 0 Å². The molecule has 228 valence electrons. The van der Waals surface area contributed by atoms with Crippen molar-refractivity contribution in [1.29, 1.82) is 0 Å². The number of carbonyl (C=O) groups excluding carboxylic acids is 3. The Morgan fingerprint density at radius 2 is 1.72 bits per heavy atom. The number of benzene rings is 3. The van der Waals surface area contributed by atoms with E-state index in [-0.39, 0.29) is 36.6 Å². The number of amides is 4. The van der Waals surface area contributed by atoms with Crippen LogP contribution in [-0.4, -0.2) is 64.2 Å². The van der Waals surface area contributed by atoms with E-state index in [1.165, 1.54) is 0 Å². The van der Waals surface area contributed by atoms with Crippen LogP contribution in [0.1, 0.15) is 32.8 Å². The van der Waals surface area contributed by atoms with E-state index in [0.717, 1.165) is 16.7 Å². The molecule has 11 heteroatoms. The molecular formula is C32H39N5O5S. The Morgan fingerprint density at radius 3 is 2.42 bits per heavy atom. The van der Waals surface area contributed by atoms with Crippen LogP contribution < -0.4 is 26.2 Å². The Morgan fingerprint density at radius 1 is 1.05 bits per heavy atom. The van der Waals surface area contributed by atoms with Crippen LogP contribution >= 0.6 is 0 Å². The molecule has 0 saturated heterocycles. The van der Waals surface area contributed by atoms with E-state index in [2.05, 4.69) is 21.3 Å². The number of carbonyl (C=O) groups is 3. The molecule has 1 heterocycles. The predicted molar refractivity (Wildman–Crippen MR) is 169 cm³/mol. The van der Waals surface area contributed by atoms with Crippen molar-refractivity contribution in [2.45, 2.75) is 56.3 Å². The molecule has 1 aliphatic rings. The summed E-state index contributed by atoms with van der Waals surface area (Å²) in [4.78, 5) is 41.0. The number of aliphatic hydroxyl groups excluding tert-OH is 1. The highest BCUT2D eigenvalue weighted by atomic mass is 32.2. The fourth-order valence-corrected chi connectivity index (χ4v) is 6.24. The van der Waals surface area contributed by atoms with Crippen molar-refractivity contribution < 1.29 is 23.7 Å². The number of para-hydroxylation sites is 2. The van der Waals surface area contributed by atoms with Gasteiger partial charge in [0.2, 0.25) is 5.91 Å². The van der Waals surface area contributed by atoms with E-state index in [4.69, 9.17) is 0 Å². The zero-order chi connectivity index (χ0) is 31.1. The number of rotatable bonds is 10. The van der Waals surface area contributed by atoms with Crippen LogP contribution in [0.4, 0.5) is 16.2 Å². The fourth-order valence-electron chi connectivity index (χ4n) is 4.89. The minimum Gasteiger partial charge on any atom is -0.392 e. The molecule has 5 N–H and O–H groups in total. The van der Waals surface area contributed by atoms with Gasteiger partial charge in [-0.3, -0.25) is 13.8 Å². The number of anilines is 2. The molecule has 3 aromatic rings. The van der Waals surface area contributed by atoms with Crippen LogP contribution in [-0.2, 0) is 26.9 Å². The molecule has 0 bridgehead atoms. The van der Waals surface area contributed by atoms with Crippen LogP contribution in [0.3, 0.4) is 0 Å². The van der Waals surface area contributed by atoms with Gasteiger partial charge in [-0.1, -0.05) is 54.6 Å². The maximum absolute atomic E-state index is 13.9. The number of β-amino-alcohol motifs (C(OH)–C–C–N with tert-alkyl or cyclic N) is 1. The molecule has 0 radical (unpaired) electrons. The summed E-state index contributed by atoms with van der Waals surface area (Å²) in [6.07, 6.45) is -0.496. The van der Waals surface area contributed by atoms with Gasteiger partial charge in [0.05, 0.1) is 45.5 Å². The summed E-state index contributed by atoms with van der Waals surface area (Å²) < 4.78 is 13.3. The van der Waals surface area contributed by atoms with Crippen molar-refractivity contribution in [3.8, 4) is 11.1 Å². The summed E-state index contributed by atoms with van der Waals surface area (Å²) >= 11 is 0. The van der Waals surface area contributed by atoms with E-state index >= 15 is 0 Å². The van der Waals surface area contributed by atoms with Crippen molar-refractivity contribution in [3.05, 3.63) is 78.4 Å². The monoisotopic (exact) mass is 605 g/mol. The van der Waals surface area contributed by atoms with Crippen molar-refractivity contribution in [3.63, 3.8) is 0 Å². The number of hydrogen-bond acceptors (Lipinski definition) is 6. The average Bonchev–Trinajstić information content (AvgIpc) is 3.07. The first-order valence-electron chi connectivity index (χ1n) is 14.2. The summed E-state index contributed by atoms with van der Waals surface area (Å²) in [7, 11) is 0.0400. The molecule has 4 rings (SSSR count). The van der Waals surface area contributed by atoms with E-state index in [1.54, 1.807) is 43.1 Å². The summed E-state index contributed by atoms with van der Waals surface area (Å²) in [5.41, 5.74) is 3.16. The van der Waals surface area contributed by atoms with Crippen LogP contribution in [0.15, 0.2) is 77.7 Å². The van der Waals surface area contributed by atoms with E-state index in [0.29, 0.717) is 22.8 Å². The lowest BCUT2D eigenvalue weighted by atomic mass is 9.99. The third-order valence-corrected chi connectivity index (χ3v) is 8.58. The molecule has 0 aliphatic carbocycles. The molecule has 43 heavy (non-hydrogen) atoms. The molecule has 0 aromatic heterocycles. The minimum atomic E-state index is -1.51. The van der Waals surface area contributed by atoms with Gasteiger partial charge in [-0.15, -0.1) is 0 Å². The van der Waals surface area contributed by atoms with Gasteiger partial charge in [0, 0.05) is 31.1 Å². The Hall–Kier alpha value is -4.06. The molecule has 3 aromatic carbocycles. The van der Waals surface area contributed by atoms with Crippen molar-refractivity contribution in [1.82, 2.24) is 16.0 Å². The number of urea groups is 1. The summed E-state index contributed by atoms with van der Waals surface area (Å²) in [6.45, 7) is 5.89. The molecular weight excluding hydrogens is 566 g/mol. The maximum atomic E-state index is 13.9. The zero-order valence-corrected chi connectivity index (χ0v) is 25.7. The first-order valence-corrected chi connectivity index (χ1v) is 15.5. The summed E-state index contributed by atoms with van der Waals surface area (Å²) in [5, 5.41) is 21.0. The van der Waals surface area contributed by atoms with Gasteiger partial charge in [0.15, 0.2) is 0 Å². The Bertz CT molecular complexity index is 1490. The Kier molecular flexibility index (Phi) is 10.3. The highest BCUT2D eigenvalue weighted by molar-refractivity contribution is 7.85. The molecule has 10 nitrogen and oxygen atoms in total. The number of fused-ring (bicyclic) bond motifs is 1. The quantitative estimate of drug-likeness (QED) is 0.240. The molecule has 0 saturated carbocycles. The van der Waals surface area contributed by atoms with Gasteiger partial charge in [-0.05, 0) is 50.1 Å². The van der Waals surface area contributed by atoms with Crippen LogP contribution in [0, 0.1) is 0 Å². The number of hydrogen-bond donors (Lipinski definition) is 5. The standard InChI is InChI=1S/C32H39N5O5S/c1-21(38)18-34-32(2,3)17-29(39)35-26-20-43(42)28-12-8-7-11-27(28)37(30(26)40)19-22-13-15-23(16-14-22)24-9-5-6-10-25(24)36-31(41)33-4/h5-16,21,26,34,38H,17-20H2,1-4H3,(H,35,39)(H2,33,36,41)/t21-,26-,43?/m1/s1. The van der Waals surface area contributed by atoms with Crippen molar-refractivity contribution >= 4 is 40.0 Å². The largest absolute Gasteiger partial charge is 0.392 e. The lowest BCUT2D eigenvalue weighted by Gasteiger charge is -2.29. The van der Waals surface area contributed by atoms with Crippen LogP contribution in [0.2, 0.25) is 0 Å². The molecule has 0 spiro atoms. The van der Waals surface area contributed by atoms with Gasteiger partial charge in [-0.25, -0.2) is 4.79 Å². The van der Waals surface area contributed by atoms with Crippen LogP contribution in [0.5, 0.6) is 0 Å². The SMILES string of the molecule is CNC(=O)Nc1ccccc1-c1ccc(CN2C(=O)[C@H](NC(=O)CC(C)(C)NC[C@@H](C)O)CS(=O)c3ccccc32)cc1. The lowest BCUT2D eigenvalue weighted by Crippen LogP contribution is -2.52. The molecule has 4 amide bonds. The Labute approximate surface area is 254 Å². The molecule has 1 unspecified atom stereocenters. The topological polar surface area (TPSA) is 140 Å². The number of nitrogens with zero attached hydrogens (tertiary/aromatic N) is 1. The minimum absolute atomic E-state index is 0.0341. The third kappa shape index (κ3) is 8.28. The normalized spacial score (nSPS) is 17.4. The second kappa shape index (κ2) is 13.9. The molecule has 1 aliphatic heterocycles. The van der Waals surface area contributed by atoms with E-state index < -0.39 is 28.5 Å². The predicted octanol–water partition coefficient (Wildman–Crippen LogP) is 3.38. The number of nitrogens with one attached hydrogen (secondary N) is 4. The lowest BCUT2D eigenvalue weighted by molar-refractivity contribution is -0.128. The Balaban J connectivity index is 1.56. The van der Waals surface area contributed by atoms with E-state index in [9.17, 15) is 23.7 Å².